The van der Waals surface area contributed by atoms with Gasteiger partial charge in [0.1, 0.15) is 23.9 Å². The van der Waals surface area contributed by atoms with Gasteiger partial charge >= 0.3 is 0 Å². The van der Waals surface area contributed by atoms with Crippen LogP contribution in [0, 0.1) is 5.21 Å². The zero-order valence-corrected chi connectivity index (χ0v) is 20.8. The van der Waals surface area contributed by atoms with Crippen LogP contribution >= 0.6 is 23.5 Å². The number of hydrogen-bond acceptors (Lipinski definition) is 11. The number of phenolic OH excluding ortho intramolecular Hbond substituents is 1. The number of hydroxylamine groups is 2. The molecule has 2 aromatic carbocycles. The van der Waals surface area contributed by atoms with Crippen molar-refractivity contribution in [3.63, 3.8) is 0 Å². The van der Waals surface area contributed by atoms with Gasteiger partial charge in [0.05, 0.1) is 16.4 Å². The van der Waals surface area contributed by atoms with Gasteiger partial charge in [-0.25, -0.2) is 0 Å². The van der Waals surface area contributed by atoms with Crippen molar-refractivity contribution in [3.8, 4) is 5.75 Å². The van der Waals surface area contributed by atoms with Crippen LogP contribution in [-0.4, -0.2) is 35.7 Å². The Morgan fingerprint density at radius 2 is 1.83 bits per heavy atom. The van der Waals surface area contributed by atoms with Gasteiger partial charge in [-0.15, -0.1) is 0 Å². The number of quaternary nitrogens is 1. The molecule has 0 radical (unpaired) electrons. The van der Waals surface area contributed by atoms with Crippen molar-refractivity contribution in [1.29, 1.82) is 0 Å². The first-order chi connectivity index (χ1) is 17.0. The smallest absolute Gasteiger partial charge is 0.192 e. The van der Waals surface area contributed by atoms with Crippen LogP contribution in [0.4, 0.5) is 17.1 Å². The van der Waals surface area contributed by atoms with Gasteiger partial charge in [-0.1, -0.05) is 23.5 Å². The van der Waals surface area contributed by atoms with Crippen molar-refractivity contribution < 1.29 is 15.2 Å². The SMILES string of the molecule is C=C[NH+]([O-])OCCN(CC)c1ccc(N=NC2NC3=C(CC(N=Nc4ccc(O)cc4)S3)S2)cc1. The molecule has 35 heavy (non-hydrogen) atoms. The molecule has 184 valence electrons. The highest BCUT2D eigenvalue weighted by Gasteiger charge is 2.34. The molecule has 0 amide bonds. The summed E-state index contributed by atoms with van der Waals surface area (Å²) in [5.74, 6) is 0.211. The third kappa shape index (κ3) is 7.05. The minimum Gasteiger partial charge on any atom is -0.595 e. The summed E-state index contributed by atoms with van der Waals surface area (Å²) >= 11 is 3.29. The van der Waals surface area contributed by atoms with Crippen LogP contribution in [0.1, 0.15) is 13.3 Å². The van der Waals surface area contributed by atoms with Crippen LogP contribution in [0.3, 0.4) is 0 Å². The summed E-state index contributed by atoms with van der Waals surface area (Å²) < 4.78 is 0. The molecule has 3 N–H and O–H groups in total. The van der Waals surface area contributed by atoms with Crippen LogP contribution in [0.2, 0.25) is 0 Å². The lowest BCUT2D eigenvalue weighted by Crippen LogP contribution is -3.01. The normalized spacial score (nSPS) is 20.4. The van der Waals surface area contributed by atoms with Gasteiger partial charge in [-0.3, -0.25) is 0 Å². The van der Waals surface area contributed by atoms with E-state index in [1.54, 1.807) is 47.8 Å². The van der Waals surface area contributed by atoms with Gasteiger partial charge in [0.25, 0.3) is 0 Å². The van der Waals surface area contributed by atoms with E-state index in [1.165, 1.54) is 11.1 Å². The van der Waals surface area contributed by atoms with Gasteiger partial charge in [0, 0.05) is 30.1 Å². The summed E-state index contributed by atoms with van der Waals surface area (Å²) in [6.45, 7) is 7.15. The van der Waals surface area contributed by atoms with Crippen molar-refractivity contribution in [2.24, 2.45) is 20.5 Å². The Labute approximate surface area is 212 Å². The van der Waals surface area contributed by atoms with Gasteiger partial charge in [-0.2, -0.15) is 30.5 Å². The minimum atomic E-state index is -0.414. The third-order valence-electron chi connectivity index (χ3n) is 5.17. The average Bonchev–Trinajstić information content (AvgIpc) is 3.44. The van der Waals surface area contributed by atoms with E-state index >= 15 is 0 Å². The number of benzene rings is 2. The van der Waals surface area contributed by atoms with E-state index in [-0.39, 0.29) is 16.6 Å². The molecule has 0 spiro atoms. The highest BCUT2D eigenvalue weighted by Crippen LogP contribution is 2.48. The predicted molar refractivity (Wildman–Crippen MR) is 139 cm³/mol. The molecule has 2 aliphatic heterocycles. The zero-order chi connectivity index (χ0) is 24.6. The second kappa shape index (κ2) is 12.2. The molecule has 10 nitrogen and oxygen atoms in total. The lowest BCUT2D eigenvalue weighted by molar-refractivity contribution is -1.01. The molecule has 0 bridgehead atoms. The first-order valence-corrected chi connectivity index (χ1v) is 12.9. The summed E-state index contributed by atoms with van der Waals surface area (Å²) in [5, 5.41) is 42.1. The van der Waals surface area contributed by atoms with Crippen LogP contribution in [0.25, 0.3) is 0 Å². The summed E-state index contributed by atoms with van der Waals surface area (Å²) in [6, 6.07) is 14.5. The van der Waals surface area contributed by atoms with E-state index in [4.69, 9.17) is 4.84 Å². The summed E-state index contributed by atoms with van der Waals surface area (Å²) in [7, 11) is 0. The molecule has 2 heterocycles. The Hall–Kier alpha value is -2.90. The van der Waals surface area contributed by atoms with Crippen LogP contribution < -0.4 is 15.4 Å². The van der Waals surface area contributed by atoms with Crippen molar-refractivity contribution >= 4 is 40.6 Å². The molecule has 4 rings (SSSR count). The number of aromatic hydroxyl groups is 1. The van der Waals surface area contributed by atoms with Crippen LogP contribution in [0.5, 0.6) is 5.75 Å². The monoisotopic (exact) mass is 513 g/mol. The lowest BCUT2D eigenvalue weighted by atomic mass is 10.2. The lowest BCUT2D eigenvalue weighted by Gasteiger charge is -2.24. The van der Waals surface area contributed by atoms with Crippen molar-refractivity contribution in [2.45, 2.75) is 24.2 Å². The Balaban J connectivity index is 1.23. The zero-order valence-electron chi connectivity index (χ0n) is 19.2. The Bertz CT molecular complexity index is 1080. The number of nitrogens with one attached hydrogen (secondary N) is 2. The second-order valence-electron chi connectivity index (χ2n) is 7.56. The van der Waals surface area contributed by atoms with Crippen molar-refractivity contribution in [1.82, 2.24) is 5.32 Å². The maximum Gasteiger partial charge on any atom is 0.192 e. The van der Waals surface area contributed by atoms with E-state index < -0.39 is 5.23 Å². The number of nitrogens with zero attached hydrogens (tertiary/aromatic N) is 5. The number of anilines is 1. The average molecular weight is 514 g/mol. The molecule has 3 unspecified atom stereocenters. The Morgan fingerprint density at radius 1 is 1.14 bits per heavy atom. The number of thioether (sulfide) groups is 2. The molecule has 12 heteroatoms. The Kier molecular flexibility index (Phi) is 8.77. The topological polar surface area (TPSA) is 122 Å². The fraction of sp³-hybridized carbons (Fsp3) is 0.304. The number of likely N-dealkylation sites (N-methyl/N-ethyl adjacent to an activating group) is 1. The molecular weight excluding hydrogens is 486 g/mol. The highest BCUT2D eigenvalue weighted by molar-refractivity contribution is 8.08. The fourth-order valence-corrected chi connectivity index (χ4v) is 5.83. The largest absolute Gasteiger partial charge is 0.595 e. The van der Waals surface area contributed by atoms with Crippen molar-refractivity contribution in [3.05, 3.63) is 76.5 Å². The molecule has 0 aromatic heterocycles. The van der Waals surface area contributed by atoms with Gasteiger partial charge in [-0.05, 0) is 62.0 Å². The van der Waals surface area contributed by atoms with E-state index in [9.17, 15) is 10.3 Å². The van der Waals surface area contributed by atoms with Gasteiger partial charge < -0.3 is 20.5 Å². The summed E-state index contributed by atoms with van der Waals surface area (Å²) in [5.41, 5.74) is 2.35. The minimum absolute atomic E-state index is 0.0287. The summed E-state index contributed by atoms with van der Waals surface area (Å²) in [4.78, 5) is 8.41. The first kappa shape index (κ1) is 25.2. The number of phenols is 1. The van der Waals surface area contributed by atoms with Crippen LogP contribution in [-0.2, 0) is 4.84 Å². The molecule has 2 aromatic rings. The van der Waals surface area contributed by atoms with E-state index in [0.29, 0.717) is 18.8 Å². The van der Waals surface area contributed by atoms with E-state index in [2.05, 4.69) is 44.2 Å². The Morgan fingerprint density at radius 3 is 2.49 bits per heavy atom. The first-order valence-electron chi connectivity index (χ1n) is 11.1. The maximum atomic E-state index is 11.2. The fourth-order valence-electron chi connectivity index (χ4n) is 3.39. The number of azo groups is 2. The highest BCUT2D eigenvalue weighted by atomic mass is 32.2. The molecule has 0 fully saturated rings. The molecule has 0 saturated heterocycles. The predicted octanol–water partition coefficient (Wildman–Crippen LogP) is 4.80. The van der Waals surface area contributed by atoms with E-state index in [1.807, 2.05) is 24.3 Å². The van der Waals surface area contributed by atoms with Gasteiger partial charge in [0.15, 0.2) is 5.50 Å². The number of hydrogen-bond donors (Lipinski definition) is 3. The standard InChI is InChI=1S/C23H27N7O3S2/c1-3-29(13-14-33-30(32)4-2)18-9-5-16(6-10-18)26-28-23-24-22-20(34-23)15-21(35-22)27-25-17-7-11-19(31)12-8-17/h4-12,21,23-24,30-31H,2-3,13-15H2,1H3. The quantitative estimate of drug-likeness (QED) is 0.292. The molecule has 2 aliphatic rings. The maximum absolute atomic E-state index is 11.2. The molecule has 0 saturated carbocycles. The molecule has 3 atom stereocenters. The van der Waals surface area contributed by atoms with Crippen molar-refractivity contribution in [2.75, 3.05) is 24.6 Å². The van der Waals surface area contributed by atoms with Crippen LogP contribution in [0.15, 0.2) is 91.7 Å². The van der Waals surface area contributed by atoms with E-state index in [0.717, 1.165) is 29.4 Å². The molecular formula is C23H27N7O3S2. The van der Waals surface area contributed by atoms with Gasteiger partial charge in [0.2, 0.25) is 0 Å². The third-order valence-corrected chi connectivity index (χ3v) is 7.53. The number of rotatable bonds is 11. The summed E-state index contributed by atoms with van der Waals surface area (Å²) in [6.07, 6.45) is 1.97. The molecule has 0 aliphatic carbocycles. The second-order valence-corrected chi connectivity index (χ2v) is 9.92.